The second-order valence-corrected chi connectivity index (χ2v) is 6.14. The van der Waals surface area contributed by atoms with Crippen LogP contribution in [0.2, 0.25) is 0 Å². The van der Waals surface area contributed by atoms with E-state index in [2.05, 4.69) is 10.1 Å². The second kappa shape index (κ2) is 7.55. The predicted octanol–water partition coefficient (Wildman–Crippen LogP) is 2.02. The van der Waals surface area contributed by atoms with Gasteiger partial charge in [-0.3, -0.25) is 19.3 Å². The number of ketones is 1. The number of nitrogens with zero attached hydrogens (tertiary/aromatic N) is 3. The van der Waals surface area contributed by atoms with Gasteiger partial charge in [0.05, 0.1) is 18.4 Å². The number of benzene rings is 2. The van der Waals surface area contributed by atoms with E-state index in [1.165, 1.54) is 0 Å². The lowest BCUT2D eigenvalue weighted by atomic mass is 10.1. The molecule has 146 valence electrons. The van der Waals surface area contributed by atoms with Crippen molar-refractivity contribution in [1.82, 2.24) is 10.1 Å². The molecule has 1 aromatic heterocycles. The fraction of sp³-hybridized carbons (Fsp3) is 0.150. The van der Waals surface area contributed by atoms with E-state index in [0.29, 0.717) is 22.8 Å². The first-order valence-electron chi connectivity index (χ1n) is 8.64. The molecule has 0 bridgehead atoms. The van der Waals surface area contributed by atoms with Crippen LogP contribution in [0.15, 0.2) is 53.1 Å². The lowest BCUT2D eigenvalue weighted by Crippen LogP contribution is -2.35. The van der Waals surface area contributed by atoms with E-state index in [1.54, 1.807) is 55.6 Å². The number of rotatable bonds is 6. The molecule has 2 heterocycles. The first-order valence-corrected chi connectivity index (χ1v) is 8.64. The highest BCUT2D eigenvalue weighted by molar-refractivity contribution is 6.52. The van der Waals surface area contributed by atoms with Gasteiger partial charge in [0.1, 0.15) is 12.3 Å². The maximum absolute atomic E-state index is 12.2. The number of Topliss-reactive ketones (excluding diaryl/α,β-unsaturated/α-hetero) is 1. The van der Waals surface area contributed by atoms with Crippen molar-refractivity contribution in [3.05, 3.63) is 60.0 Å². The number of esters is 1. The van der Waals surface area contributed by atoms with Crippen molar-refractivity contribution in [1.29, 1.82) is 0 Å². The second-order valence-electron chi connectivity index (χ2n) is 6.14. The maximum atomic E-state index is 12.2. The van der Waals surface area contributed by atoms with Crippen molar-refractivity contribution < 1.29 is 28.4 Å². The minimum atomic E-state index is -0.763. The van der Waals surface area contributed by atoms with Crippen molar-refractivity contribution in [2.24, 2.45) is 0 Å². The maximum Gasteiger partial charge on any atom is 0.326 e. The third-order valence-corrected chi connectivity index (χ3v) is 4.32. The zero-order valence-corrected chi connectivity index (χ0v) is 15.3. The summed E-state index contributed by atoms with van der Waals surface area (Å²) < 4.78 is 15.4. The Balaban J connectivity index is 1.39. The highest BCUT2D eigenvalue weighted by atomic mass is 16.6. The van der Waals surface area contributed by atoms with Crippen LogP contribution in [0.1, 0.15) is 16.2 Å². The number of carbonyl (C=O) groups excluding carboxylic acids is 3. The van der Waals surface area contributed by atoms with Crippen LogP contribution in [-0.2, 0) is 20.9 Å². The molecule has 0 atom stereocenters. The average molecular weight is 393 g/mol. The predicted molar refractivity (Wildman–Crippen MR) is 99.2 cm³/mol. The summed E-state index contributed by atoms with van der Waals surface area (Å²) in [5, 5.41) is 3.85. The quantitative estimate of drug-likeness (QED) is 0.462. The van der Waals surface area contributed by atoms with E-state index in [1.807, 2.05) is 0 Å². The van der Waals surface area contributed by atoms with E-state index < -0.39 is 24.2 Å². The Morgan fingerprint density at radius 2 is 1.97 bits per heavy atom. The summed E-state index contributed by atoms with van der Waals surface area (Å²) in [4.78, 5) is 41.5. The van der Waals surface area contributed by atoms with Crippen LogP contribution >= 0.6 is 0 Å². The Hall–Kier alpha value is -4.01. The van der Waals surface area contributed by atoms with Crippen molar-refractivity contribution in [3.8, 4) is 17.1 Å². The van der Waals surface area contributed by atoms with Gasteiger partial charge in [-0.15, -0.1) is 0 Å². The Kier molecular flexibility index (Phi) is 4.78. The van der Waals surface area contributed by atoms with Crippen LogP contribution in [-0.4, -0.2) is 41.5 Å². The lowest BCUT2D eigenvalue weighted by molar-refractivity contribution is -0.144. The molecule has 9 heteroatoms. The van der Waals surface area contributed by atoms with E-state index in [4.69, 9.17) is 14.0 Å². The van der Waals surface area contributed by atoms with Gasteiger partial charge < -0.3 is 14.0 Å². The van der Waals surface area contributed by atoms with Gasteiger partial charge in [-0.2, -0.15) is 4.98 Å². The minimum Gasteiger partial charge on any atom is -0.497 e. The number of fused-ring (bicyclic) bond motifs is 1. The Morgan fingerprint density at radius 3 is 2.79 bits per heavy atom. The molecular weight excluding hydrogens is 378 g/mol. The molecule has 9 nitrogen and oxygen atoms in total. The van der Waals surface area contributed by atoms with Gasteiger partial charge in [-0.05, 0) is 24.3 Å². The van der Waals surface area contributed by atoms with Gasteiger partial charge in [0.25, 0.3) is 17.6 Å². The van der Waals surface area contributed by atoms with Gasteiger partial charge in [0.15, 0.2) is 6.61 Å². The number of amides is 1. The summed E-state index contributed by atoms with van der Waals surface area (Å²) in [6, 6.07) is 13.6. The molecule has 1 amide bonds. The number of anilines is 1. The number of hydrogen-bond donors (Lipinski definition) is 0. The smallest absolute Gasteiger partial charge is 0.326 e. The van der Waals surface area contributed by atoms with E-state index >= 15 is 0 Å². The summed E-state index contributed by atoms with van der Waals surface area (Å²) in [5.74, 6) is -1.05. The van der Waals surface area contributed by atoms with E-state index in [0.717, 1.165) is 4.90 Å². The van der Waals surface area contributed by atoms with Crippen molar-refractivity contribution in [2.45, 2.75) is 6.61 Å². The molecular formula is C20H15N3O6. The number of ether oxygens (including phenoxy) is 2. The van der Waals surface area contributed by atoms with Crippen LogP contribution in [0.25, 0.3) is 11.4 Å². The van der Waals surface area contributed by atoms with Crippen molar-refractivity contribution in [2.75, 3.05) is 18.6 Å². The topological polar surface area (TPSA) is 112 Å². The SMILES string of the molecule is COc1cccc(-c2noc(COC(=O)CN3C(=O)C(=O)c4ccccc43)n2)c1. The third kappa shape index (κ3) is 3.57. The summed E-state index contributed by atoms with van der Waals surface area (Å²) in [5.41, 5.74) is 1.34. The standard InChI is InChI=1S/C20H15N3O6/c1-27-13-6-4-5-12(9-13)19-21-16(29-22-19)11-28-17(24)10-23-15-8-3-2-7-14(15)18(25)20(23)26/h2-9H,10-11H2,1H3. The molecule has 0 N–H and O–H groups in total. The van der Waals surface area contributed by atoms with Crippen molar-refractivity contribution in [3.63, 3.8) is 0 Å². The minimum absolute atomic E-state index is 0.0976. The Morgan fingerprint density at radius 1 is 1.14 bits per heavy atom. The number of aromatic nitrogens is 2. The summed E-state index contributed by atoms with van der Waals surface area (Å²) in [6.07, 6.45) is 0. The molecule has 0 unspecified atom stereocenters. The zero-order valence-electron chi connectivity index (χ0n) is 15.3. The van der Waals surface area contributed by atoms with Crippen LogP contribution in [0, 0.1) is 0 Å². The normalized spacial score (nSPS) is 12.8. The van der Waals surface area contributed by atoms with Gasteiger partial charge >= 0.3 is 5.97 Å². The third-order valence-electron chi connectivity index (χ3n) is 4.32. The monoisotopic (exact) mass is 393 g/mol. The largest absolute Gasteiger partial charge is 0.497 e. The molecule has 29 heavy (non-hydrogen) atoms. The molecule has 0 fully saturated rings. The van der Waals surface area contributed by atoms with Crippen LogP contribution in [0.3, 0.4) is 0 Å². The molecule has 1 aliphatic rings. The van der Waals surface area contributed by atoms with E-state index in [9.17, 15) is 14.4 Å². The fourth-order valence-corrected chi connectivity index (χ4v) is 2.92. The van der Waals surface area contributed by atoms with Crippen LogP contribution in [0.5, 0.6) is 5.75 Å². The Labute approximate surface area is 164 Å². The molecule has 4 rings (SSSR count). The fourth-order valence-electron chi connectivity index (χ4n) is 2.92. The van der Waals surface area contributed by atoms with Crippen LogP contribution < -0.4 is 9.64 Å². The van der Waals surface area contributed by atoms with Gasteiger partial charge in [-0.25, -0.2) is 0 Å². The first kappa shape index (κ1) is 18.4. The Bertz CT molecular complexity index is 1110. The molecule has 0 spiro atoms. The molecule has 3 aromatic rings. The highest BCUT2D eigenvalue weighted by Crippen LogP contribution is 2.28. The molecule has 0 aliphatic carbocycles. The highest BCUT2D eigenvalue weighted by Gasteiger charge is 2.36. The first-order chi connectivity index (χ1) is 14.1. The van der Waals surface area contributed by atoms with Gasteiger partial charge in [0.2, 0.25) is 5.82 Å². The average Bonchev–Trinajstić information content (AvgIpc) is 3.32. The summed E-state index contributed by atoms with van der Waals surface area (Å²) in [6.45, 7) is -0.647. The van der Waals surface area contributed by atoms with E-state index in [-0.39, 0.29) is 18.1 Å². The number of hydrogen-bond acceptors (Lipinski definition) is 8. The number of para-hydroxylation sites is 1. The van der Waals surface area contributed by atoms with Gasteiger partial charge in [0, 0.05) is 5.56 Å². The molecule has 2 aromatic carbocycles. The number of carbonyl (C=O) groups is 3. The molecule has 0 saturated heterocycles. The van der Waals surface area contributed by atoms with Gasteiger partial charge in [-0.1, -0.05) is 29.4 Å². The lowest BCUT2D eigenvalue weighted by Gasteiger charge is -2.14. The molecule has 0 radical (unpaired) electrons. The van der Waals surface area contributed by atoms with Crippen LogP contribution in [0.4, 0.5) is 5.69 Å². The molecule has 0 saturated carbocycles. The van der Waals surface area contributed by atoms with Crippen molar-refractivity contribution >= 4 is 23.3 Å². The molecule has 1 aliphatic heterocycles. The summed E-state index contributed by atoms with van der Waals surface area (Å²) in [7, 11) is 1.55. The number of methoxy groups -OCH3 is 1. The summed E-state index contributed by atoms with van der Waals surface area (Å²) >= 11 is 0. The zero-order chi connectivity index (χ0) is 20.4.